The quantitative estimate of drug-likeness (QED) is 0.451. The van der Waals surface area contributed by atoms with Gasteiger partial charge in [0.25, 0.3) is 0 Å². The van der Waals surface area contributed by atoms with Gasteiger partial charge in [-0.1, -0.05) is 35.0 Å². The molecule has 0 unspecified atom stereocenters. The lowest BCUT2D eigenvalue weighted by Crippen LogP contribution is -2.03. The third-order valence-corrected chi connectivity index (χ3v) is 5.61. The molecule has 0 aliphatic rings. The van der Waals surface area contributed by atoms with Crippen molar-refractivity contribution in [2.75, 3.05) is 0 Å². The molecule has 0 aliphatic heterocycles. The molecule has 4 aromatic rings. The van der Waals surface area contributed by atoms with E-state index in [1.807, 2.05) is 48.9 Å². The first kappa shape index (κ1) is 17.8. The number of hydrogen-bond donors (Lipinski definition) is 0. The second kappa shape index (κ2) is 7.17. The summed E-state index contributed by atoms with van der Waals surface area (Å²) in [7, 11) is 0. The van der Waals surface area contributed by atoms with E-state index in [0.717, 1.165) is 27.2 Å². The lowest BCUT2D eigenvalue weighted by atomic mass is 10.2. The van der Waals surface area contributed by atoms with Crippen molar-refractivity contribution < 1.29 is 14.1 Å². The molecule has 0 saturated heterocycles. The van der Waals surface area contributed by atoms with Gasteiger partial charge < -0.3 is 9.26 Å². The van der Waals surface area contributed by atoms with Crippen molar-refractivity contribution in [3.8, 4) is 0 Å². The SMILES string of the molecule is Cc1cc(COC(=O)c2cc3c(C)nn(Cc4ccccc4Cl)c3s2)on1. The molecule has 0 spiro atoms. The predicted molar refractivity (Wildman–Crippen MR) is 103 cm³/mol. The number of hydrogen-bond acceptors (Lipinski definition) is 6. The van der Waals surface area contributed by atoms with Crippen LogP contribution in [0.15, 0.2) is 40.9 Å². The van der Waals surface area contributed by atoms with Gasteiger partial charge in [-0.2, -0.15) is 5.10 Å². The van der Waals surface area contributed by atoms with Gasteiger partial charge in [0, 0.05) is 16.5 Å². The fourth-order valence-electron chi connectivity index (χ4n) is 2.80. The Morgan fingerprint density at radius 1 is 1.30 bits per heavy atom. The average molecular weight is 402 g/mol. The van der Waals surface area contributed by atoms with E-state index in [1.165, 1.54) is 11.3 Å². The fraction of sp³-hybridized carbons (Fsp3) is 0.211. The summed E-state index contributed by atoms with van der Waals surface area (Å²) in [6.07, 6.45) is 0. The molecule has 0 fully saturated rings. The van der Waals surface area contributed by atoms with Crippen LogP contribution < -0.4 is 0 Å². The molecule has 0 amide bonds. The molecule has 0 atom stereocenters. The molecule has 27 heavy (non-hydrogen) atoms. The number of thiophene rings is 1. The number of carbonyl (C=O) groups excluding carboxylic acids is 1. The van der Waals surface area contributed by atoms with Gasteiger partial charge in [-0.15, -0.1) is 11.3 Å². The molecule has 6 nitrogen and oxygen atoms in total. The highest BCUT2D eigenvalue weighted by Crippen LogP contribution is 2.30. The molecule has 0 radical (unpaired) electrons. The Morgan fingerprint density at radius 3 is 2.85 bits per heavy atom. The second-order valence-corrected chi connectivity index (χ2v) is 7.61. The van der Waals surface area contributed by atoms with Gasteiger partial charge in [0.1, 0.15) is 9.71 Å². The number of carbonyl (C=O) groups is 1. The van der Waals surface area contributed by atoms with E-state index in [-0.39, 0.29) is 6.61 Å². The highest BCUT2D eigenvalue weighted by molar-refractivity contribution is 7.20. The number of fused-ring (bicyclic) bond motifs is 1. The number of rotatable bonds is 5. The summed E-state index contributed by atoms with van der Waals surface area (Å²) in [5, 5.41) is 9.99. The van der Waals surface area contributed by atoms with E-state index in [1.54, 1.807) is 6.07 Å². The molecule has 8 heteroatoms. The summed E-state index contributed by atoms with van der Waals surface area (Å²) in [4.78, 5) is 13.8. The smallest absolute Gasteiger partial charge is 0.348 e. The van der Waals surface area contributed by atoms with Gasteiger partial charge in [-0.05, 0) is 31.5 Å². The molecule has 0 saturated carbocycles. The Balaban J connectivity index is 1.56. The molecule has 3 aromatic heterocycles. The fourth-order valence-corrected chi connectivity index (χ4v) is 4.05. The summed E-state index contributed by atoms with van der Waals surface area (Å²) < 4.78 is 12.3. The van der Waals surface area contributed by atoms with Gasteiger partial charge >= 0.3 is 5.97 Å². The first-order valence-corrected chi connectivity index (χ1v) is 9.50. The van der Waals surface area contributed by atoms with E-state index in [2.05, 4.69) is 10.3 Å². The van der Waals surface area contributed by atoms with Crippen LogP contribution in [0.5, 0.6) is 0 Å². The van der Waals surface area contributed by atoms with Gasteiger partial charge in [0.05, 0.1) is 17.9 Å². The number of esters is 1. The Bertz CT molecular complexity index is 1130. The molecule has 0 bridgehead atoms. The topological polar surface area (TPSA) is 70.2 Å². The minimum atomic E-state index is -0.394. The summed E-state index contributed by atoms with van der Waals surface area (Å²) in [5.41, 5.74) is 2.58. The van der Waals surface area contributed by atoms with Crippen molar-refractivity contribution in [3.05, 3.63) is 69.0 Å². The zero-order valence-electron chi connectivity index (χ0n) is 14.7. The molecule has 4 rings (SSSR count). The van der Waals surface area contributed by atoms with Crippen molar-refractivity contribution in [1.82, 2.24) is 14.9 Å². The number of halogens is 1. The van der Waals surface area contributed by atoms with Crippen LogP contribution in [0.1, 0.15) is 32.4 Å². The maximum absolute atomic E-state index is 12.4. The van der Waals surface area contributed by atoms with Crippen LogP contribution in [0.2, 0.25) is 5.02 Å². The van der Waals surface area contributed by atoms with Crippen molar-refractivity contribution in [2.45, 2.75) is 27.0 Å². The van der Waals surface area contributed by atoms with Crippen LogP contribution in [-0.4, -0.2) is 20.9 Å². The Labute approximate surface area is 164 Å². The van der Waals surface area contributed by atoms with Gasteiger partial charge in [-0.25, -0.2) is 4.79 Å². The lowest BCUT2D eigenvalue weighted by molar-refractivity contribution is 0.0443. The lowest BCUT2D eigenvalue weighted by Gasteiger charge is -2.05. The van der Waals surface area contributed by atoms with E-state index >= 15 is 0 Å². The van der Waals surface area contributed by atoms with Crippen molar-refractivity contribution >= 4 is 39.1 Å². The summed E-state index contributed by atoms with van der Waals surface area (Å²) in [5.74, 6) is 0.122. The Morgan fingerprint density at radius 2 is 2.11 bits per heavy atom. The third kappa shape index (κ3) is 3.61. The zero-order chi connectivity index (χ0) is 19.0. The van der Waals surface area contributed by atoms with Crippen molar-refractivity contribution in [3.63, 3.8) is 0 Å². The number of aromatic nitrogens is 3. The second-order valence-electron chi connectivity index (χ2n) is 6.17. The molecule has 0 N–H and O–H groups in total. The van der Waals surface area contributed by atoms with Crippen LogP contribution in [-0.2, 0) is 17.9 Å². The van der Waals surface area contributed by atoms with Crippen LogP contribution in [0, 0.1) is 13.8 Å². The summed E-state index contributed by atoms with van der Waals surface area (Å²) in [6, 6.07) is 11.2. The van der Waals surface area contributed by atoms with E-state index in [4.69, 9.17) is 20.9 Å². The highest BCUT2D eigenvalue weighted by atomic mass is 35.5. The Kier molecular flexibility index (Phi) is 4.72. The number of benzene rings is 1. The maximum atomic E-state index is 12.4. The van der Waals surface area contributed by atoms with Crippen molar-refractivity contribution in [2.24, 2.45) is 0 Å². The average Bonchev–Trinajstić information content (AvgIpc) is 3.33. The zero-order valence-corrected chi connectivity index (χ0v) is 16.3. The third-order valence-electron chi connectivity index (χ3n) is 4.11. The van der Waals surface area contributed by atoms with Crippen molar-refractivity contribution in [1.29, 1.82) is 0 Å². The van der Waals surface area contributed by atoms with Crippen LogP contribution in [0.25, 0.3) is 10.2 Å². The van der Waals surface area contributed by atoms with Crippen LogP contribution in [0.4, 0.5) is 0 Å². The number of nitrogens with zero attached hydrogens (tertiary/aromatic N) is 3. The molecule has 0 aliphatic carbocycles. The number of ether oxygens (including phenoxy) is 1. The molecular formula is C19H16ClN3O3S. The summed E-state index contributed by atoms with van der Waals surface area (Å²) in [6.45, 7) is 4.33. The predicted octanol–water partition coefficient (Wildman–Crippen LogP) is 4.76. The Hall–Kier alpha value is -2.64. The minimum absolute atomic E-state index is 0.0542. The van der Waals surface area contributed by atoms with E-state index in [0.29, 0.717) is 22.2 Å². The normalized spacial score (nSPS) is 11.2. The largest absolute Gasteiger partial charge is 0.453 e. The number of aryl methyl sites for hydroxylation is 2. The summed E-state index contributed by atoms with van der Waals surface area (Å²) >= 11 is 7.62. The molecular weight excluding hydrogens is 386 g/mol. The minimum Gasteiger partial charge on any atom is -0.453 e. The standard InChI is InChI=1S/C19H16ClN3O3S/c1-11-7-14(26-22-11)10-25-19(24)17-8-15-12(2)21-23(18(15)27-17)9-13-5-3-4-6-16(13)20/h3-8H,9-10H2,1-2H3. The van der Waals surface area contributed by atoms with Gasteiger partial charge in [0.2, 0.25) is 0 Å². The molecule has 1 aromatic carbocycles. The first-order chi connectivity index (χ1) is 13.0. The van der Waals surface area contributed by atoms with E-state index in [9.17, 15) is 4.79 Å². The highest BCUT2D eigenvalue weighted by Gasteiger charge is 2.18. The van der Waals surface area contributed by atoms with Crippen LogP contribution in [0.3, 0.4) is 0 Å². The van der Waals surface area contributed by atoms with Crippen LogP contribution >= 0.6 is 22.9 Å². The maximum Gasteiger partial charge on any atom is 0.348 e. The van der Waals surface area contributed by atoms with Gasteiger partial charge in [0.15, 0.2) is 12.4 Å². The molecule has 138 valence electrons. The monoisotopic (exact) mass is 401 g/mol. The van der Waals surface area contributed by atoms with Gasteiger partial charge in [-0.3, -0.25) is 4.68 Å². The van der Waals surface area contributed by atoms with E-state index < -0.39 is 5.97 Å². The first-order valence-electron chi connectivity index (χ1n) is 8.31. The molecule has 3 heterocycles.